The Balaban J connectivity index is 1.95. The summed E-state index contributed by atoms with van der Waals surface area (Å²) in [5, 5.41) is 3.32. The first-order valence-electron chi connectivity index (χ1n) is 7.45. The standard InChI is InChI=1S/C18H23FN2/c1-3-20-13-12-15-8-10-16(11-9-15)14-21(2)18-7-5-4-6-17(18)19/h4-11,20H,3,12-14H2,1-2H3. The Hall–Kier alpha value is -1.87. The summed E-state index contributed by atoms with van der Waals surface area (Å²) in [5.41, 5.74) is 3.15. The molecule has 2 rings (SSSR count). The van der Waals surface area contributed by atoms with Crippen LogP contribution in [-0.2, 0) is 13.0 Å². The molecule has 0 saturated heterocycles. The molecule has 2 aromatic rings. The van der Waals surface area contributed by atoms with Crippen molar-refractivity contribution < 1.29 is 4.39 Å². The number of hydrogen-bond donors (Lipinski definition) is 1. The van der Waals surface area contributed by atoms with Crippen molar-refractivity contribution in [2.75, 3.05) is 25.0 Å². The van der Waals surface area contributed by atoms with E-state index in [0.717, 1.165) is 19.5 Å². The molecule has 0 amide bonds. The van der Waals surface area contributed by atoms with Crippen molar-refractivity contribution in [2.24, 2.45) is 0 Å². The number of benzene rings is 2. The largest absolute Gasteiger partial charge is 0.368 e. The first-order chi connectivity index (χ1) is 10.2. The molecule has 0 bridgehead atoms. The molecule has 0 radical (unpaired) electrons. The summed E-state index contributed by atoms with van der Waals surface area (Å²) >= 11 is 0. The van der Waals surface area contributed by atoms with Gasteiger partial charge in [-0.3, -0.25) is 0 Å². The third-order valence-electron chi connectivity index (χ3n) is 3.55. The number of hydrogen-bond acceptors (Lipinski definition) is 2. The van der Waals surface area contributed by atoms with Gasteiger partial charge in [0.15, 0.2) is 0 Å². The van der Waals surface area contributed by atoms with E-state index in [1.165, 1.54) is 17.2 Å². The van der Waals surface area contributed by atoms with Gasteiger partial charge in [0.25, 0.3) is 0 Å². The molecule has 1 N–H and O–H groups in total. The first kappa shape index (κ1) is 15.5. The number of halogens is 1. The molecule has 2 aromatic carbocycles. The van der Waals surface area contributed by atoms with Crippen LogP contribution in [0.25, 0.3) is 0 Å². The van der Waals surface area contributed by atoms with Crippen LogP contribution < -0.4 is 10.2 Å². The van der Waals surface area contributed by atoms with Gasteiger partial charge in [-0.15, -0.1) is 0 Å². The van der Waals surface area contributed by atoms with Gasteiger partial charge in [0.2, 0.25) is 0 Å². The minimum atomic E-state index is -0.178. The lowest BCUT2D eigenvalue weighted by atomic mass is 10.1. The molecule has 0 aliphatic heterocycles. The lowest BCUT2D eigenvalue weighted by Gasteiger charge is -2.20. The zero-order chi connectivity index (χ0) is 15.1. The van der Waals surface area contributed by atoms with Crippen LogP contribution in [0.2, 0.25) is 0 Å². The van der Waals surface area contributed by atoms with Gasteiger partial charge in [0, 0.05) is 13.6 Å². The minimum Gasteiger partial charge on any atom is -0.368 e. The molecule has 0 fully saturated rings. The van der Waals surface area contributed by atoms with Crippen LogP contribution in [0.3, 0.4) is 0 Å². The van der Waals surface area contributed by atoms with Crippen LogP contribution in [0.5, 0.6) is 0 Å². The first-order valence-corrected chi connectivity index (χ1v) is 7.45. The number of nitrogens with one attached hydrogen (secondary N) is 1. The smallest absolute Gasteiger partial charge is 0.146 e. The number of para-hydroxylation sites is 1. The molecule has 0 unspecified atom stereocenters. The lowest BCUT2D eigenvalue weighted by molar-refractivity contribution is 0.622. The summed E-state index contributed by atoms with van der Waals surface area (Å²) in [6.07, 6.45) is 1.04. The molecule has 21 heavy (non-hydrogen) atoms. The van der Waals surface area contributed by atoms with Gasteiger partial charge in [-0.05, 0) is 42.8 Å². The monoisotopic (exact) mass is 286 g/mol. The highest BCUT2D eigenvalue weighted by Gasteiger charge is 2.07. The lowest BCUT2D eigenvalue weighted by Crippen LogP contribution is -2.18. The molecular weight excluding hydrogens is 263 g/mol. The molecule has 0 aliphatic rings. The van der Waals surface area contributed by atoms with E-state index >= 15 is 0 Å². The molecule has 3 heteroatoms. The van der Waals surface area contributed by atoms with Crippen molar-refractivity contribution in [3.8, 4) is 0 Å². The maximum absolute atomic E-state index is 13.7. The van der Waals surface area contributed by atoms with E-state index in [1.807, 2.05) is 18.0 Å². The van der Waals surface area contributed by atoms with Crippen LogP contribution >= 0.6 is 0 Å². The molecule has 112 valence electrons. The van der Waals surface area contributed by atoms with Crippen molar-refractivity contribution in [1.29, 1.82) is 0 Å². The summed E-state index contributed by atoms with van der Waals surface area (Å²) in [7, 11) is 1.91. The van der Waals surface area contributed by atoms with E-state index in [-0.39, 0.29) is 5.82 Å². The van der Waals surface area contributed by atoms with Crippen molar-refractivity contribution in [1.82, 2.24) is 5.32 Å². The van der Waals surface area contributed by atoms with Gasteiger partial charge in [0.1, 0.15) is 5.82 Å². The maximum atomic E-state index is 13.7. The van der Waals surface area contributed by atoms with Gasteiger partial charge >= 0.3 is 0 Å². The topological polar surface area (TPSA) is 15.3 Å². The Kier molecular flexibility index (Phi) is 5.76. The summed E-state index contributed by atoms with van der Waals surface area (Å²) in [6, 6.07) is 15.4. The maximum Gasteiger partial charge on any atom is 0.146 e. The summed E-state index contributed by atoms with van der Waals surface area (Å²) in [6.45, 7) is 4.83. The van der Waals surface area contributed by atoms with Crippen molar-refractivity contribution in [3.63, 3.8) is 0 Å². The third-order valence-corrected chi connectivity index (χ3v) is 3.55. The SMILES string of the molecule is CCNCCc1ccc(CN(C)c2ccccc2F)cc1. The zero-order valence-electron chi connectivity index (χ0n) is 12.8. The molecule has 0 heterocycles. The van der Waals surface area contributed by atoms with Crippen LogP contribution in [0.1, 0.15) is 18.1 Å². The van der Waals surface area contributed by atoms with Crippen molar-refractivity contribution in [3.05, 3.63) is 65.5 Å². The second-order valence-electron chi connectivity index (χ2n) is 5.23. The Morgan fingerprint density at radius 3 is 2.33 bits per heavy atom. The highest BCUT2D eigenvalue weighted by atomic mass is 19.1. The fraction of sp³-hybridized carbons (Fsp3) is 0.333. The Morgan fingerprint density at radius 1 is 1.00 bits per heavy atom. The Labute approximate surface area is 126 Å². The van der Waals surface area contributed by atoms with Gasteiger partial charge in [-0.25, -0.2) is 4.39 Å². The van der Waals surface area contributed by atoms with E-state index in [9.17, 15) is 4.39 Å². The van der Waals surface area contributed by atoms with Gasteiger partial charge in [-0.1, -0.05) is 43.3 Å². The predicted molar refractivity (Wildman–Crippen MR) is 87.2 cm³/mol. The number of rotatable bonds is 7. The Bertz CT molecular complexity index is 551. The van der Waals surface area contributed by atoms with Crippen LogP contribution in [0.4, 0.5) is 10.1 Å². The molecule has 0 atom stereocenters. The van der Waals surface area contributed by atoms with Crippen LogP contribution in [0.15, 0.2) is 48.5 Å². The van der Waals surface area contributed by atoms with Crippen LogP contribution in [-0.4, -0.2) is 20.1 Å². The molecule has 2 nitrogen and oxygen atoms in total. The number of anilines is 1. The van der Waals surface area contributed by atoms with E-state index in [0.29, 0.717) is 12.2 Å². The fourth-order valence-corrected chi connectivity index (χ4v) is 2.34. The van der Waals surface area contributed by atoms with E-state index in [1.54, 1.807) is 12.1 Å². The highest BCUT2D eigenvalue weighted by Crippen LogP contribution is 2.19. The number of likely N-dealkylation sites (N-methyl/N-ethyl adjacent to an activating group) is 1. The highest BCUT2D eigenvalue weighted by molar-refractivity contribution is 5.47. The molecule has 0 aliphatic carbocycles. The van der Waals surface area contributed by atoms with Gasteiger partial charge < -0.3 is 10.2 Å². The molecule has 0 saturated carbocycles. The van der Waals surface area contributed by atoms with Crippen molar-refractivity contribution in [2.45, 2.75) is 19.9 Å². The van der Waals surface area contributed by atoms with E-state index in [4.69, 9.17) is 0 Å². The van der Waals surface area contributed by atoms with E-state index < -0.39 is 0 Å². The Morgan fingerprint density at radius 2 is 1.67 bits per heavy atom. The zero-order valence-corrected chi connectivity index (χ0v) is 12.8. The van der Waals surface area contributed by atoms with Crippen LogP contribution in [0, 0.1) is 5.82 Å². The molecule has 0 aromatic heterocycles. The number of nitrogens with zero attached hydrogens (tertiary/aromatic N) is 1. The minimum absolute atomic E-state index is 0.178. The van der Waals surface area contributed by atoms with Gasteiger partial charge in [-0.2, -0.15) is 0 Å². The van der Waals surface area contributed by atoms with E-state index in [2.05, 4.69) is 36.5 Å². The summed E-state index contributed by atoms with van der Waals surface area (Å²) in [5.74, 6) is -0.178. The molecule has 0 spiro atoms. The average molecular weight is 286 g/mol. The predicted octanol–water partition coefficient (Wildman–Crippen LogP) is 3.61. The molecular formula is C18H23FN2. The third kappa shape index (κ3) is 4.57. The summed E-state index contributed by atoms with van der Waals surface area (Å²) < 4.78 is 13.7. The van der Waals surface area contributed by atoms with Crippen molar-refractivity contribution >= 4 is 5.69 Å². The van der Waals surface area contributed by atoms with Gasteiger partial charge in [0.05, 0.1) is 5.69 Å². The second kappa shape index (κ2) is 7.79. The quantitative estimate of drug-likeness (QED) is 0.782. The average Bonchev–Trinajstić information content (AvgIpc) is 2.49. The second-order valence-corrected chi connectivity index (χ2v) is 5.23. The summed E-state index contributed by atoms with van der Waals surface area (Å²) in [4.78, 5) is 1.93. The fourth-order valence-electron chi connectivity index (χ4n) is 2.34. The normalized spacial score (nSPS) is 10.6.